The van der Waals surface area contributed by atoms with E-state index in [9.17, 15) is 0 Å². The van der Waals surface area contributed by atoms with Gasteiger partial charge in [-0.3, -0.25) is 4.57 Å². The SMILES string of the molecule is c1cc(-n2c3ccccc3c3c4ccccc4ccc32)c2cc3c(cc2c1)c1ccccc1n3-c1nc2ccccc2nc1-c1cccc2sc3ccccc3c12. The number of nitrogens with zero attached hydrogens (tertiary/aromatic N) is 4. The molecule has 0 fully saturated rings. The molecule has 264 valence electrons. The maximum Gasteiger partial charge on any atom is 0.165 e. The van der Waals surface area contributed by atoms with Crippen LogP contribution in [0.1, 0.15) is 0 Å². The third-order valence-corrected chi connectivity index (χ3v) is 13.0. The average molecular weight is 743 g/mol. The van der Waals surface area contributed by atoms with Crippen LogP contribution in [-0.4, -0.2) is 19.1 Å². The van der Waals surface area contributed by atoms with Crippen molar-refractivity contribution in [1.29, 1.82) is 0 Å². The molecule has 0 bridgehead atoms. The number of rotatable bonds is 3. The lowest BCUT2D eigenvalue weighted by Crippen LogP contribution is -2.04. The highest BCUT2D eigenvalue weighted by atomic mass is 32.1. The van der Waals surface area contributed by atoms with Gasteiger partial charge in [0.15, 0.2) is 5.82 Å². The smallest absolute Gasteiger partial charge is 0.165 e. The highest BCUT2D eigenvalue weighted by Gasteiger charge is 2.23. The van der Waals surface area contributed by atoms with Crippen LogP contribution in [0.5, 0.6) is 0 Å². The van der Waals surface area contributed by atoms with Crippen LogP contribution in [-0.2, 0) is 0 Å². The molecule has 57 heavy (non-hydrogen) atoms. The third kappa shape index (κ3) is 4.32. The van der Waals surface area contributed by atoms with E-state index in [2.05, 4.69) is 179 Å². The molecule has 5 heteroatoms. The molecule has 0 N–H and O–H groups in total. The number of hydrogen-bond acceptors (Lipinski definition) is 3. The standard InChI is InChI=1S/C52H30N4S/c1-2-15-33-31(13-1)27-28-45-49(33)35-17-4-9-23-43(35)55(45)44-24-11-14-32-29-39-34-16-3-8-22-42(34)56(46(39)30-38(32)44)52-51(53-40-20-6-7-21-41(40)54-52)37-19-12-26-48-50(37)36-18-5-10-25-47(36)57-48/h1-30H. The van der Waals surface area contributed by atoms with Crippen LogP contribution in [0, 0.1) is 0 Å². The summed E-state index contributed by atoms with van der Waals surface area (Å²) >= 11 is 1.83. The van der Waals surface area contributed by atoms with Gasteiger partial charge in [0.1, 0.15) is 5.69 Å². The lowest BCUT2D eigenvalue weighted by Gasteiger charge is -2.16. The maximum absolute atomic E-state index is 5.53. The van der Waals surface area contributed by atoms with E-state index < -0.39 is 0 Å². The minimum Gasteiger partial charge on any atom is -0.309 e. The highest BCUT2D eigenvalue weighted by molar-refractivity contribution is 7.25. The first kappa shape index (κ1) is 30.9. The molecule has 0 unspecified atom stereocenters. The predicted molar refractivity (Wildman–Crippen MR) is 242 cm³/mol. The second-order valence-electron chi connectivity index (χ2n) is 14.9. The quantitative estimate of drug-likeness (QED) is 0.181. The summed E-state index contributed by atoms with van der Waals surface area (Å²) in [4.78, 5) is 11.0. The number of benzene rings is 9. The Bertz CT molecular complexity index is 3830. The predicted octanol–water partition coefficient (Wildman–Crippen LogP) is 14.2. The second-order valence-corrected chi connectivity index (χ2v) is 16.0. The molecule has 9 aromatic carbocycles. The molecular formula is C52H30N4S. The van der Waals surface area contributed by atoms with E-state index >= 15 is 0 Å². The molecule has 0 saturated carbocycles. The lowest BCUT2D eigenvalue weighted by molar-refractivity contribution is 1.08. The zero-order valence-electron chi connectivity index (χ0n) is 30.5. The minimum atomic E-state index is 0.822. The zero-order chi connectivity index (χ0) is 37.2. The first-order valence-corrected chi connectivity index (χ1v) is 20.2. The van der Waals surface area contributed by atoms with Crippen LogP contribution in [0.3, 0.4) is 0 Å². The van der Waals surface area contributed by atoms with E-state index in [1.807, 2.05) is 23.5 Å². The van der Waals surface area contributed by atoms with Crippen LogP contribution in [0.25, 0.3) is 119 Å². The summed E-state index contributed by atoms with van der Waals surface area (Å²) in [6.45, 7) is 0. The summed E-state index contributed by atoms with van der Waals surface area (Å²) in [6.07, 6.45) is 0. The largest absolute Gasteiger partial charge is 0.309 e. The van der Waals surface area contributed by atoms with Gasteiger partial charge in [-0.2, -0.15) is 0 Å². The van der Waals surface area contributed by atoms with Crippen molar-refractivity contribution in [1.82, 2.24) is 19.1 Å². The van der Waals surface area contributed by atoms with Crippen LogP contribution < -0.4 is 0 Å². The van der Waals surface area contributed by atoms with Crippen molar-refractivity contribution in [2.45, 2.75) is 0 Å². The Morgan fingerprint density at radius 1 is 0.368 bits per heavy atom. The molecule has 0 spiro atoms. The average Bonchev–Trinajstić information content (AvgIpc) is 3.93. The second kappa shape index (κ2) is 11.6. The van der Waals surface area contributed by atoms with Crippen LogP contribution in [0.4, 0.5) is 0 Å². The Morgan fingerprint density at radius 3 is 1.91 bits per heavy atom. The van der Waals surface area contributed by atoms with Gasteiger partial charge in [0.25, 0.3) is 0 Å². The van der Waals surface area contributed by atoms with Crippen molar-refractivity contribution in [3.8, 4) is 22.8 Å². The summed E-state index contributed by atoms with van der Waals surface area (Å²) in [5.41, 5.74) is 9.42. The van der Waals surface area contributed by atoms with E-state index in [1.165, 1.54) is 74.3 Å². The Labute approximate surface area is 330 Å². The number of fused-ring (bicyclic) bond motifs is 13. The maximum atomic E-state index is 5.53. The van der Waals surface area contributed by atoms with Gasteiger partial charge < -0.3 is 4.57 Å². The normalized spacial score (nSPS) is 12.2. The summed E-state index contributed by atoms with van der Waals surface area (Å²) in [5.74, 6) is 0.822. The minimum absolute atomic E-state index is 0.822. The van der Waals surface area contributed by atoms with Crippen LogP contribution in [0.15, 0.2) is 182 Å². The molecule has 0 saturated heterocycles. The van der Waals surface area contributed by atoms with Crippen molar-refractivity contribution in [3.05, 3.63) is 182 Å². The fourth-order valence-corrected chi connectivity index (χ4v) is 10.6. The zero-order valence-corrected chi connectivity index (χ0v) is 31.3. The molecule has 13 aromatic rings. The summed E-state index contributed by atoms with van der Waals surface area (Å²) in [5, 5.41) is 12.2. The molecule has 0 aliphatic carbocycles. The summed E-state index contributed by atoms with van der Waals surface area (Å²) < 4.78 is 7.33. The lowest BCUT2D eigenvalue weighted by atomic mass is 10.0. The molecule has 0 amide bonds. The Hall–Kier alpha value is -7.34. The summed E-state index contributed by atoms with van der Waals surface area (Å²) in [6, 6.07) is 65.9. The molecule has 0 radical (unpaired) electrons. The van der Waals surface area contributed by atoms with E-state index in [-0.39, 0.29) is 0 Å². The van der Waals surface area contributed by atoms with E-state index in [4.69, 9.17) is 9.97 Å². The number of para-hydroxylation sites is 4. The first-order valence-electron chi connectivity index (χ1n) is 19.3. The van der Waals surface area contributed by atoms with Gasteiger partial charge in [0, 0.05) is 52.7 Å². The molecule has 13 rings (SSSR count). The molecule has 4 aromatic heterocycles. The van der Waals surface area contributed by atoms with Crippen molar-refractivity contribution in [2.75, 3.05) is 0 Å². The third-order valence-electron chi connectivity index (χ3n) is 11.9. The van der Waals surface area contributed by atoms with Crippen molar-refractivity contribution in [2.24, 2.45) is 0 Å². The monoisotopic (exact) mass is 742 g/mol. The molecule has 0 aliphatic rings. The van der Waals surface area contributed by atoms with Gasteiger partial charge in [-0.25, -0.2) is 9.97 Å². The van der Waals surface area contributed by atoms with E-state index in [0.29, 0.717) is 0 Å². The topological polar surface area (TPSA) is 35.6 Å². The van der Waals surface area contributed by atoms with Gasteiger partial charge in [-0.1, -0.05) is 121 Å². The Balaban J connectivity index is 1.17. The molecular weight excluding hydrogens is 713 g/mol. The van der Waals surface area contributed by atoms with Crippen molar-refractivity contribution in [3.63, 3.8) is 0 Å². The molecule has 4 nitrogen and oxygen atoms in total. The van der Waals surface area contributed by atoms with Gasteiger partial charge in [0.2, 0.25) is 0 Å². The van der Waals surface area contributed by atoms with Crippen LogP contribution >= 0.6 is 11.3 Å². The fraction of sp³-hybridized carbons (Fsp3) is 0. The van der Waals surface area contributed by atoms with E-state index in [1.54, 1.807) is 0 Å². The Morgan fingerprint density at radius 2 is 1.04 bits per heavy atom. The van der Waals surface area contributed by atoms with Crippen molar-refractivity contribution >= 4 is 108 Å². The molecule has 0 aliphatic heterocycles. The number of hydrogen-bond donors (Lipinski definition) is 0. The van der Waals surface area contributed by atoms with E-state index in [0.717, 1.165) is 44.8 Å². The van der Waals surface area contributed by atoms with Gasteiger partial charge >= 0.3 is 0 Å². The summed E-state index contributed by atoms with van der Waals surface area (Å²) in [7, 11) is 0. The molecule has 4 heterocycles. The number of aromatic nitrogens is 4. The highest BCUT2D eigenvalue weighted by Crippen LogP contribution is 2.44. The van der Waals surface area contributed by atoms with Gasteiger partial charge in [-0.15, -0.1) is 11.3 Å². The van der Waals surface area contributed by atoms with Crippen LogP contribution in [0.2, 0.25) is 0 Å². The fourth-order valence-electron chi connectivity index (χ4n) is 9.45. The Kier molecular flexibility index (Phi) is 6.29. The molecule has 0 atom stereocenters. The number of thiophene rings is 1. The van der Waals surface area contributed by atoms with Crippen molar-refractivity contribution < 1.29 is 0 Å². The van der Waals surface area contributed by atoms with Gasteiger partial charge in [0.05, 0.1) is 38.8 Å². The van der Waals surface area contributed by atoms with Gasteiger partial charge in [-0.05, 0) is 76.8 Å². The first-order chi connectivity index (χ1) is 28.3.